The van der Waals surface area contributed by atoms with Crippen LogP contribution < -0.4 is 11.5 Å². The second kappa shape index (κ2) is 8.86. The third-order valence-corrected chi connectivity index (χ3v) is 1.29. The summed E-state index contributed by atoms with van der Waals surface area (Å²) in [4.78, 5) is 10.1. The van der Waals surface area contributed by atoms with Gasteiger partial charge in [-0.15, -0.1) is 0 Å². The number of unbranched alkanes of at least 4 members (excludes halogenated alkanes) is 1. The number of carbonyl (C=O) groups is 1. The number of rotatable bonds is 5. The Kier molecular flexibility index (Phi) is 11.5. The van der Waals surface area contributed by atoms with Gasteiger partial charge in [0.05, 0.1) is 0 Å². The number of nitrogens with two attached hydrogens (primary N) is 2. The summed E-state index contributed by atoms with van der Waals surface area (Å²) < 4.78 is 0. The molecule has 0 radical (unpaired) electrons. The van der Waals surface area contributed by atoms with E-state index in [9.17, 15) is 4.79 Å². The van der Waals surface area contributed by atoms with Gasteiger partial charge in [-0.1, -0.05) is 6.42 Å². The van der Waals surface area contributed by atoms with Gasteiger partial charge < -0.3 is 16.6 Å². The fraction of sp³-hybridized carbons (Fsp3) is 0.833. The predicted molar refractivity (Wildman–Crippen MR) is 38.5 cm³/mol. The van der Waals surface area contributed by atoms with Crippen LogP contribution in [0.5, 0.6) is 0 Å². The molecule has 0 aromatic carbocycles. The summed E-state index contributed by atoms with van der Waals surface area (Å²) in [5.74, 6) is -0.933. The van der Waals surface area contributed by atoms with Crippen LogP contribution in [0, 0.1) is 41.7 Å². The van der Waals surface area contributed by atoms with E-state index < -0.39 is 12.0 Å². The zero-order valence-corrected chi connectivity index (χ0v) is 9.56. The molecule has 0 aliphatic heterocycles. The van der Waals surface area contributed by atoms with Crippen LogP contribution in [0.25, 0.3) is 0 Å². The Bertz CT molecular complexity index is 111. The molecule has 0 rings (SSSR count). The third-order valence-electron chi connectivity index (χ3n) is 1.29. The van der Waals surface area contributed by atoms with Gasteiger partial charge in [-0.3, -0.25) is 4.79 Å². The first-order valence-electron chi connectivity index (χ1n) is 3.37. The molecule has 0 saturated heterocycles. The van der Waals surface area contributed by atoms with Gasteiger partial charge in [-0.05, 0) is 19.4 Å². The number of hydrogen-bond donors (Lipinski definition) is 3. The normalized spacial score (nSPS) is 11.8. The maximum absolute atomic E-state index is 10.1. The smallest absolute Gasteiger partial charge is 0.320 e. The Morgan fingerprint density at radius 1 is 1.45 bits per heavy atom. The van der Waals surface area contributed by atoms with E-state index in [1.807, 2.05) is 0 Å². The SMILES string of the molecule is NCCCCC(N)C(=O)O.[Ce]. The first-order chi connectivity index (χ1) is 4.68. The van der Waals surface area contributed by atoms with Gasteiger partial charge in [-0.25, -0.2) is 0 Å². The molecule has 0 saturated carbocycles. The first kappa shape index (κ1) is 14.3. The maximum atomic E-state index is 10.1. The molecular formula is C6H14CeN2O2. The Morgan fingerprint density at radius 2 is 2.00 bits per heavy atom. The van der Waals surface area contributed by atoms with Crippen molar-refractivity contribution in [1.29, 1.82) is 0 Å². The van der Waals surface area contributed by atoms with E-state index >= 15 is 0 Å². The molecule has 5 heteroatoms. The van der Waals surface area contributed by atoms with Crippen LogP contribution in [0.3, 0.4) is 0 Å². The van der Waals surface area contributed by atoms with Crippen molar-refractivity contribution in [1.82, 2.24) is 0 Å². The van der Waals surface area contributed by atoms with Crippen LogP contribution in [0.4, 0.5) is 0 Å². The van der Waals surface area contributed by atoms with Gasteiger partial charge in [0.15, 0.2) is 0 Å². The molecule has 1 atom stereocenters. The zero-order chi connectivity index (χ0) is 7.98. The number of carboxylic acids is 1. The first-order valence-corrected chi connectivity index (χ1v) is 3.37. The van der Waals surface area contributed by atoms with E-state index in [0.29, 0.717) is 13.0 Å². The maximum Gasteiger partial charge on any atom is 0.320 e. The summed E-state index contributed by atoms with van der Waals surface area (Å²) in [7, 11) is 0. The molecule has 0 spiro atoms. The minimum absolute atomic E-state index is 0. The standard InChI is InChI=1S/C6H14N2O2.Ce/c7-4-2-1-3-5(8)6(9)10;/h5H,1-4,7-8H2,(H,9,10);. The Labute approximate surface area is 100 Å². The van der Waals surface area contributed by atoms with Crippen molar-refractivity contribution in [3.8, 4) is 0 Å². The van der Waals surface area contributed by atoms with Gasteiger partial charge in [0.25, 0.3) is 0 Å². The summed E-state index contributed by atoms with van der Waals surface area (Å²) in [5, 5.41) is 8.33. The molecule has 0 bridgehead atoms. The molecule has 0 amide bonds. The molecule has 1 unspecified atom stereocenters. The topological polar surface area (TPSA) is 89.3 Å². The fourth-order valence-electron chi connectivity index (χ4n) is 0.632. The van der Waals surface area contributed by atoms with E-state index in [1.54, 1.807) is 0 Å². The van der Waals surface area contributed by atoms with Crippen molar-refractivity contribution in [2.24, 2.45) is 11.5 Å². The van der Waals surface area contributed by atoms with Crippen LogP contribution in [-0.4, -0.2) is 23.7 Å². The molecule has 0 fully saturated rings. The van der Waals surface area contributed by atoms with E-state index in [0.717, 1.165) is 12.8 Å². The van der Waals surface area contributed by atoms with Crippen molar-refractivity contribution >= 4 is 5.97 Å². The molecule has 0 aromatic rings. The van der Waals surface area contributed by atoms with Crippen molar-refractivity contribution < 1.29 is 51.6 Å². The van der Waals surface area contributed by atoms with E-state index in [4.69, 9.17) is 16.6 Å². The van der Waals surface area contributed by atoms with Gasteiger partial charge in [0.1, 0.15) is 6.04 Å². The van der Waals surface area contributed by atoms with Crippen LogP contribution in [0.15, 0.2) is 0 Å². The second-order valence-electron chi connectivity index (χ2n) is 2.23. The van der Waals surface area contributed by atoms with E-state index in [1.165, 1.54) is 0 Å². The van der Waals surface area contributed by atoms with Crippen molar-refractivity contribution in [3.63, 3.8) is 0 Å². The monoisotopic (exact) mass is 286 g/mol. The number of hydrogen-bond acceptors (Lipinski definition) is 3. The molecule has 0 aliphatic rings. The van der Waals surface area contributed by atoms with Crippen molar-refractivity contribution in [2.45, 2.75) is 25.3 Å². The summed E-state index contributed by atoms with van der Waals surface area (Å²) in [6.07, 6.45) is 2.16. The largest absolute Gasteiger partial charge is 0.480 e. The molecule has 5 N–H and O–H groups in total. The van der Waals surface area contributed by atoms with Crippen molar-refractivity contribution in [2.75, 3.05) is 6.54 Å². The van der Waals surface area contributed by atoms with E-state index in [-0.39, 0.29) is 41.7 Å². The average Bonchev–Trinajstić information content (AvgIpc) is 1.88. The summed E-state index contributed by atoms with van der Waals surface area (Å²) >= 11 is 0. The number of aliphatic carboxylic acids is 1. The third kappa shape index (κ3) is 8.67. The predicted octanol–water partition coefficient (Wildman–Crippen LogP) is -0.473. The molecule has 0 aromatic heterocycles. The van der Waals surface area contributed by atoms with Crippen LogP contribution >= 0.6 is 0 Å². The summed E-state index contributed by atoms with van der Waals surface area (Å²) in [6.45, 7) is 0.604. The van der Waals surface area contributed by atoms with Gasteiger partial charge >= 0.3 is 5.97 Å². The van der Waals surface area contributed by atoms with Gasteiger partial charge in [0, 0.05) is 41.7 Å². The minimum Gasteiger partial charge on any atom is -0.480 e. The van der Waals surface area contributed by atoms with Gasteiger partial charge in [0.2, 0.25) is 0 Å². The van der Waals surface area contributed by atoms with Crippen molar-refractivity contribution in [3.05, 3.63) is 0 Å². The fourth-order valence-corrected chi connectivity index (χ4v) is 0.632. The molecule has 64 valence electrons. The summed E-state index contributed by atoms with van der Waals surface area (Å²) in [5.41, 5.74) is 10.4. The Hall–Kier alpha value is 0.767. The minimum atomic E-state index is -0.933. The quantitative estimate of drug-likeness (QED) is 0.596. The van der Waals surface area contributed by atoms with Gasteiger partial charge in [-0.2, -0.15) is 0 Å². The zero-order valence-electron chi connectivity index (χ0n) is 6.42. The van der Waals surface area contributed by atoms with E-state index in [2.05, 4.69) is 0 Å². The summed E-state index contributed by atoms with van der Waals surface area (Å²) in [6, 6.07) is -0.716. The number of carboxylic acid groups (broad SMARTS) is 1. The Balaban J connectivity index is 0. The Morgan fingerprint density at radius 3 is 2.36 bits per heavy atom. The second-order valence-corrected chi connectivity index (χ2v) is 2.23. The molecule has 0 aliphatic carbocycles. The molecule has 0 heterocycles. The molecule has 11 heavy (non-hydrogen) atoms. The van der Waals surface area contributed by atoms with Crippen LogP contribution in [0.2, 0.25) is 0 Å². The average molecular weight is 286 g/mol. The molecular weight excluding hydrogens is 272 g/mol. The molecule has 4 nitrogen and oxygen atoms in total. The van der Waals surface area contributed by atoms with Crippen LogP contribution in [0.1, 0.15) is 19.3 Å². The van der Waals surface area contributed by atoms with Crippen LogP contribution in [-0.2, 0) is 4.79 Å².